The molecule has 1 aliphatic rings. The number of carbonyl (C=O) groups excluding carboxylic acids is 1. The molecular formula is C18H16ClFN4O4S2. The third-order valence-electron chi connectivity index (χ3n) is 4.55. The summed E-state index contributed by atoms with van der Waals surface area (Å²) < 4.78 is 47.2. The van der Waals surface area contributed by atoms with Gasteiger partial charge in [0.2, 0.25) is 0 Å². The molecule has 0 unspecified atom stereocenters. The van der Waals surface area contributed by atoms with Crippen LogP contribution >= 0.6 is 22.9 Å². The van der Waals surface area contributed by atoms with E-state index in [4.69, 9.17) is 16.0 Å². The van der Waals surface area contributed by atoms with Gasteiger partial charge in [-0.1, -0.05) is 11.6 Å². The van der Waals surface area contributed by atoms with Crippen LogP contribution in [0.1, 0.15) is 28.4 Å². The SMILES string of the molecule is Cc1sc(-c2nnc(C(=O)N3CCCC3)o2)cc1S(=O)(=O)Nc1ccc(Cl)cc1F. The zero-order valence-corrected chi connectivity index (χ0v) is 18.1. The van der Waals surface area contributed by atoms with Gasteiger partial charge in [-0.15, -0.1) is 21.5 Å². The van der Waals surface area contributed by atoms with Crippen LogP contribution in [-0.2, 0) is 10.0 Å². The van der Waals surface area contributed by atoms with Crippen LogP contribution < -0.4 is 4.72 Å². The highest BCUT2D eigenvalue weighted by Gasteiger charge is 2.27. The molecule has 3 aromatic rings. The first kappa shape index (κ1) is 20.8. The molecule has 12 heteroatoms. The summed E-state index contributed by atoms with van der Waals surface area (Å²) in [4.78, 5) is 14.8. The monoisotopic (exact) mass is 470 g/mol. The lowest BCUT2D eigenvalue weighted by Crippen LogP contribution is -2.27. The van der Waals surface area contributed by atoms with Gasteiger partial charge in [0.05, 0.1) is 10.6 Å². The summed E-state index contributed by atoms with van der Waals surface area (Å²) in [5.41, 5.74) is -0.220. The molecule has 0 spiro atoms. The Morgan fingerprint density at radius 3 is 2.70 bits per heavy atom. The second kappa shape index (κ2) is 7.97. The smallest absolute Gasteiger partial charge is 0.311 e. The summed E-state index contributed by atoms with van der Waals surface area (Å²) >= 11 is 6.82. The van der Waals surface area contributed by atoms with Crippen molar-refractivity contribution in [3.05, 3.63) is 45.9 Å². The van der Waals surface area contributed by atoms with Crippen molar-refractivity contribution in [1.82, 2.24) is 15.1 Å². The van der Waals surface area contributed by atoms with Crippen molar-refractivity contribution in [1.29, 1.82) is 0 Å². The minimum atomic E-state index is -4.08. The number of halogens is 2. The van der Waals surface area contributed by atoms with Gasteiger partial charge in [0.1, 0.15) is 10.7 Å². The predicted octanol–water partition coefficient (Wildman–Crippen LogP) is 3.94. The third-order valence-corrected chi connectivity index (χ3v) is 7.44. The minimum Gasteiger partial charge on any atom is -0.411 e. The molecule has 0 aliphatic carbocycles. The number of aromatic nitrogens is 2. The van der Waals surface area contributed by atoms with Crippen molar-refractivity contribution in [3.63, 3.8) is 0 Å². The van der Waals surface area contributed by atoms with E-state index in [1.165, 1.54) is 18.2 Å². The van der Waals surface area contributed by atoms with Gasteiger partial charge in [-0.3, -0.25) is 9.52 Å². The number of nitrogens with zero attached hydrogens (tertiary/aromatic N) is 3. The maximum atomic E-state index is 14.0. The van der Waals surface area contributed by atoms with E-state index in [1.54, 1.807) is 11.8 Å². The molecule has 0 radical (unpaired) electrons. The molecule has 3 heterocycles. The quantitative estimate of drug-likeness (QED) is 0.605. The van der Waals surface area contributed by atoms with Crippen molar-refractivity contribution in [2.24, 2.45) is 0 Å². The first-order valence-electron chi connectivity index (χ1n) is 8.96. The van der Waals surface area contributed by atoms with E-state index in [-0.39, 0.29) is 33.3 Å². The summed E-state index contributed by atoms with van der Waals surface area (Å²) in [6, 6.07) is 4.99. The van der Waals surface area contributed by atoms with Gasteiger partial charge in [0, 0.05) is 23.0 Å². The zero-order chi connectivity index (χ0) is 21.5. The number of benzene rings is 1. The predicted molar refractivity (Wildman–Crippen MR) is 110 cm³/mol. The standard InChI is InChI=1S/C18H16ClFN4O4S2/c1-10-15(30(26,27)23-13-5-4-11(19)8-12(13)20)9-14(29-10)16-21-22-17(28-16)18(25)24-6-2-3-7-24/h4-5,8-9,23H,2-3,6-7H2,1H3. The highest BCUT2D eigenvalue weighted by molar-refractivity contribution is 7.93. The van der Waals surface area contributed by atoms with Crippen molar-refractivity contribution in [2.75, 3.05) is 17.8 Å². The number of aryl methyl sites for hydroxylation is 1. The van der Waals surface area contributed by atoms with Crippen LogP contribution in [0.3, 0.4) is 0 Å². The summed E-state index contributed by atoms with van der Waals surface area (Å²) in [6.45, 7) is 2.89. The second-order valence-electron chi connectivity index (χ2n) is 6.67. The third kappa shape index (κ3) is 4.05. The fraction of sp³-hybridized carbons (Fsp3) is 0.278. The van der Waals surface area contributed by atoms with E-state index in [0.29, 0.717) is 22.8 Å². The minimum absolute atomic E-state index is 0.0461. The first-order valence-corrected chi connectivity index (χ1v) is 11.6. The topological polar surface area (TPSA) is 105 Å². The highest BCUT2D eigenvalue weighted by Crippen LogP contribution is 2.34. The molecule has 2 aromatic heterocycles. The van der Waals surface area contributed by atoms with Gasteiger partial charge in [-0.05, 0) is 44.0 Å². The molecule has 1 aliphatic heterocycles. The summed E-state index contributed by atoms with van der Waals surface area (Å²) in [5, 5.41) is 7.83. The van der Waals surface area contributed by atoms with Crippen LogP contribution in [0.2, 0.25) is 5.02 Å². The molecule has 1 saturated heterocycles. The molecule has 8 nitrogen and oxygen atoms in total. The van der Waals surface area contributed by atoms with Gasteiger partial charge in [0.25, 0.3) is 15.9 Å². The molecule has 0 saturated carbocycles. The fourth-order valence-corrected chi connectivity index (χ4v) is 5.81. The summed E-state index contributed by atoms with van der Waals surface area (Å²) in [7, 11) is -4.08. The van der Waals surface area contributed by atoms with Gasteiger partial charge in [-0.25, -0.2) is 12.8 Å². The number of hydrogen-bond donors (Lipinski definition) is 1. The molecule has 4 rings (SSSR count). The zero-order valence-electron chi connectivity index (χ0n) is 15.7. The molecule has 0 atom stereocenters. The molecular weight excluding hydrogens is 455 g/mol. The van der Waals surface area contributed by atoms with Gasteiger partial charge < -0.3 is 9.32 Å². The van der Waals surface area contributed by atoms with Crippen LogP contribution in [0, 0.1) is 12.7 Å². The molecule has 1 N–H and O–H groups in total. The van der Waals surface area contributed by atoms with Crippen molar-refractivity contribution in [3.8, 4) is 10.8 Å². The van der Waals surface area contributed by atoms with Crippen LogP contribution in [0.5, 0.6) is 0 Å². The average Bonchev–Trinajstić information content (AvgIpc) is 3.43. The number of rotatable bonds is 5. The molecule has 158 valence electrons. The Morgan fingerprint density at radius 2 is 2.00 bits per heavy atom. The summed E-state index contributed by atoms with van der Waals surface area (Å²) in [6.07, 6.45) is 1.86. The van der Waals surface area contributed by atoms with Crippen LogP contribution in [0.15, 0.2) is 33.6 Å². The average molecular weight is 471 g/mol. The maximum absolute atomic E-state index is 14.0. The lowest BCUT2D eigenvalue weighted by atomic mass is 10.3. The molecule has 1 amide bonds. The van der Waals surface area contributed by atoms with E-state index in [1.807, 2.05) is 0 Å². The number of nitrogens with one attached hydrogen (secondary N) is 1. The fourth-order valence-electron chi connectivity index (χ4n) is 3.07. The van der Waals surface area contributed by atoms with Gasteiger partial charge in [0.15, 0.2) is 0 Å². The Morgan fingerprint density at radius 1 is 1.27 bits per heavy atom. The lowest BCUT2D eigenvalue weighted by Gasteiger charge is -2.11. The Balaban J connectivity index is 1.59. The largest absolute Gasteiger partial charge is 0.411 e. The maximum Gasteiger partial charge on any atom is 0.311 e. The molecule has 1 aromatic carbocycles. The van der Waals surface area contributed by atoms with E-state index in [0.717, 1.165) is 30.2 Å². The van der Waals surface area contributed by atoms with E-state index in [2.05, 4.69) is 14.9 Å². The van der Waals surface area contributed by atoms with Crippen LogP contribution in [0.4, 0.5) is 10.1 Å². The number of anilines is 1. The molecule has 30 heavy (non-hydrogen) atoms. The second-order valence-corrected chi connectivity index (χ2v) is 10.0. The number of likely N-dealkylation sites (tertiary alicyclic amines) is 1. The van der Waals surface area contributed by atoms with Crippen molar-refractivity contribution < 1.29 is 22.0 Å². The normalized spacial score (nSPS) is 14.3. The molecule has 1 fully saturated rings. The van der Waals surface area contributed by atoms with E-state index >= 15 is 0 Å². The number of hydrogen-bond acceptors (Lipinski definition) is 7. The van der Waals surface area contributed by atoms with Gasteiger partial charge >= 0.3 is 11.8 Å². The Labute approximate surface area is 180 Å². The number of sulfonamides is 1. The number of amides is 1. The van der Waals surface area contributed by atoms with Crippen LogP contribution in [-0.4, -0.2) is 42.5 Å². The Kier molecular flexibility index (Phi) is 5.51. The highest BCUT2D eigenvalue weighted by atomic mass is 35.5. The Bertz CT molecular complexity index is 1220. The molecule has 0 bridgehead atoms. The lowest BCUT2D eigenvalue weighted by molar-refractivity contribution is 0.0754. The van der Waals surface area contributed by atoms with E-state index < -0.39 is 15.8 Å². The van der Waals surface area contributed by atoms with Crippen LogP contribution in [0.25, 0.3) is 10.8 Å². The van der Waals surface area contributed by atoms with E-state index in [9.17, 15) is 17.6 Å². The summed E-state index contributed by atoms with van der Waals surface area (Å²) in [5.74, 6) is -1.22. The van der Waals surface area contributed by atoms with Crippen molar-refractivity contribution >= 4 is 44.6 Å². The van der Waals surface area contributed by atoms with Gasteiger partial charge in [-0.2, -0.15) is 0 Å². The number of carbonyl (C=O) groups is 1. The first-order chi connectivity index (χ1) is 14.2. The Hall–Kier alpha value is -2.50. The van der Waals surface area contributed by atoms with Crippen molar-refractivity contribution in [2.45, 2.75) is 24.7 Å². The number of thiophene rings is 1.